The molecule has 0 atom stereocenters. The number of carbonyl (C=O) groups is 1. The van der Waals surface area contributed by atoms with E-state index in [1.165, 1.54) is 19.5 Å². The molecule has 92 valence electrons. The van der Waals surface area contributed by atoms with Crippen LogP contribution in [0.4, 0.5) is 0 Å². The highest BCUT2D eigenvalue weighted by atomic mass is 79.9. The van der Waals surface area contributed by atoms with Crippen LogP contribution in [-0.4, -0.2) is 22.9 Å². The molecule has 1 aromatic carbocycles. The Morgan fingerprint density at radius 2 is 2.06 bits per heavy atom. The number of rotatable bonds is 3. The van der Waals surface area contributed by atoms with Crippen LogP contribution in [0.3, 0.4) is 0 Å². The summed E-state index contributed by atoms with van der Waals surface area (Å²) in [4.78, 5) is 20.3. The molecular weight excluding hydrogens is 320 g/mol. The second-order valence-corrected chi connectivity index (χ2v) is 4.66. The highest BCUT2D eigenvalue weighted by molar-refractivity contribution is 9.10. The SMILES string of the molecule is COc1nccnc1C(=O)c1cc(Cl)ccc1Br. The summed E-state index contributed by atoms with van der Waals surface area (Å²) >= 11 is 9.19. The number of halogens is 2. The molecule has 0 aliphatic carbocycles. The van der Waals surface area contributed by atoms with E-state index in [-0.39, 0.29) is 17.4 Å². The first-order chi connectivity index (χ1) is 8.63. The number of aromatic nitrogens is 2. The van der Waals surface area contributed by atoms with Crippen molar-refractivity contribution < 1.29 is 9.53 Å². The van der Waals surface area contributed by atoms with Crippen molar-refractivity contribution in [2.45, 2.75) is 0 Å². The lowest BCUT2D eigenvalue weighted by Crippen LogP contribution is -2.08. The molecule has 0 spiro atoms. The van der Waals surface area contributed by atoms with Crippen LogP contribution in [0, 0.1) is 0 Å². The summed E-state index contributed by atoms with van der Waals surface area (Å²) in [5.41, 5.74) is 0.573. The monoisotopic (exact) mass is 326 g/mol. The summed E-state index contributed by atoms with van der Waals surface area (Å²) in [6, 6.07) is 4.97. The first-order valence-corrected chi connectivity index (χ1v) is 6.15. The van der Waals surface area contributed by atoms with Gasteiger partial charge >= 0.3 is 0 Å². The summed E-state index contributed by atoms with van der Waals surface area (Å²) in [5, 5.41) is 0.476. The molecule has 0 saturated heterocycles. The van der Waals surface area contributed by atoms with Gasteiger partial charge < -0.3 is 4.74 Å². The Morgan fingerprint density at radius 1 is 1.33 bits per heavy atom. The van der Waals surface area contributed by atoms with Gasteiger partial charge in [0, 0.05) is 27.5 Å². The molecule has 0 fully saturated rings. The van der Waals surface area contributed by atoms with E-state index in [1.807, 2.05) is 0 Å². The molecule has 0 saturated carbocycles. The maximum absolute atomic E-state index is 12.3. The van der Waals surface area contributed by atoms with E-state index in [0.29, 0.717) is 15.1 Å². The van der Waals surface area contributed by atoms with Crippen molar-refractivity contribution in [1.29, 1.82) is 0 Å². The highest BCUT2D eigenvalue weighted by Gasteiger charge is 2.19. The van der Waals surface area contributed by atoms with Gasteiger partial charge in [-0.1, -0.05) is 27.5 Å². The molecule has 6 heteroatoms. The predicted octanol–water partition coefficient (Wildman–Crippen LogP) is 3.13. The third-order valence-electron chi connectivity index (χ3n) is 2.25. The fourth-order valence-electron chi connectivity index (χ4n) is 1.43. The quantitative estimate of drug-likeness (QED) is 0.813. The zero-order valence-corrected chi connectivity index (χ0v) is 11.7. The topological polar surface area (TPSA) is 52.1 Å². The van der Waals surface area contributed by atoms with Crippen LogP contribution >= 0.6 is 27.5 Å². The lowest BCUT2D eigenvalue weighted by atomic mass is 10.1. The van der Waals surface area contributed by atoms with Crippen LogP contribution in [0.15, 0.2) is 35.1 Å². The summed E-state index contributed by atoms with van der Waals surface area (Å²) in [6.07, 6.45) is 2.90. The van der Waals surface area contributed by atoms with E-state index in [9.17, 15) is 4.79 Å². The van der Waals surface area contributed by atoms with Gasteiger partial charge in [-0.05, 0) is 18.2 Å². The zero-order valence-electron chi connectivity index (χ0n) is 9.35. The molecule has 0 aliphatic heterocycles. The van der Waals surface area contributed by atoms with Crippen molar-refractivity contribution in [1.82, 2.24) is 9.97 Å². The van der Waals surface area contributed by atoms with Crippen LogP contribution in [0.5, 0.6) is 5.88 Å². The van der Waals surface area contributed by atoms with Gasteiger partial charge in [0.15, 0.2) is 5.69 Å². The number of nitrogens with zero attached hydrogens (tertiary/aromatic N) is 2. The van der Waals surface area contributed by atoms with Gasteiger partial charge in [-0.3, -0.25) is 4.79 Å². The standard InChI is InChI=1S/C12H8BrClN2O2/c1-18-12-10(15-4-5-16-12)11(17)8-6-7(14)2-3-9(8)13/h2-6H,1H3. The third-order valence-corrected chi connectivity index (χ3v) is 3.17. The van der Waals surface area contributed by atoms with E-state index in [2.05, 4.69) is 25.9 Å². The number of hydrogen-bond donors (Lipinski definition) is 0. The average Bonchev–Trinajstić information content (AvgIpc) is 2.40. The predicted molar refractivity (Wildman–Crippen MR) is 71.2 cm³/mol. The van der Waals surface area contributed by atoms with Crippen LogP contribution < -0.4 is 4.74 Å². The van der Waals surface area contributed by atoms with Crippen LogP contribution in [0.1, 0.15) is 16.1 Å². The van der Waals surface area contributed by atoms with Gasteiger partial charge in [0.05, 0.1) is 7.11 Å². The molecule has 2 aromatic rings. The normalized spacial score (nSPS) is 10.2. The van der Waals surface area contributed by atoms with E-state index >= 15 is 0 Å². The van der Waals surface area contributed by atoms with Crippen molar-refractivity contribution in [3.05, 3.63) is 51.3 Å². The molecule has 0 N–H and O–H groups in total. The fraction of sp³-hybridized carbons (Fsp3) is 0.0833. The second-order valence-electron chi connectivity index (χ2n) is 3.37. The fourth-order valence-corrected chi connectivity index (χ4v) is 2.03. The van der Waals surface area contributed by atoms with E-state index in [0.717, 1.165) is 0 Å². The van der Waals surface area contributed by atoms with Crippen molar-refractivity contribution in [2.75, 3.05) is 7.11 Å². The number of ketones is 1. The molecular formula is C12H8BrClN2O2. The number of carbonyl (C=O) groups excluding carboxylic acids is 1. The van der Waals surface area contributed by atoms with Crippen LogP contribution in [0.2, 0.25) is 5.02 Å². The van der Waals surface area contributed by atoms with Gasteiger partial charge in [0.1, 0.15) is 0 Å². The van der Waals surface area contributed by atoms with Gasteiger partial charge in [0.2, 0.25) is 11.7 Å². The lowest BCUT2D eigenvalue weighted by Gasteiger charge is -2.06. The molecule has 0 bridgehead atoms. The Labute approximate surface area is 117 Å². The third kappa shape index (κ3) is 2.52. The largest absolute Gasteiger partial charge is 0.479 e. The average molecular weight is 328 g/mol. The molecule has 0 amide bonds. The van der Waals surface area contributed by atoms with Gasteiger partial charge in [0.25, 0.3) is 0 Å². The Morgan fingerprint density at radius 3 is 2.78 bits per heavy atom. The lowest BCUT2D eigenvalue weighted by molar-refractivity contribution is 0.102. The minimum atomic E-state index is -0.297. The maximum atomic E-state index is 12.3. The van der Waals surface area contributed by atoms with E-state index < -0.39 is 0 Å². The summed E-state index contributed by atoms with van der Waals surface area (Å²) in [5.74, 6) is -0.108. The Hall–Kier alpha value is -1.46. The van der Waals surface area contributed by atoms with E-state index in [1.54, 1.807) is 18.2 Å². The molecule has 4 nitrogen and oxygen atoms in total. The molecule has 0 radical (unpaired) electrons. The van der Waals surface area contributed by atoms with Crippen molar-refractivity contribution in [2.24, 2.45) is 0 Å². The molecule has 18 heavy (non-hydrogen) atoms. The smallest absolute Gasteiger partial charge is 0.243 e. The molecule has 0 unspecified atom stereocenters. The van der Waals surface area contributed by atoms with E-state index in [4.69, 9.17) is 16.3 Å². The second kappa shape index (κ2) is 5.46. The summed E-state index contributed by atoms with van der Waals surface area (Å²) < 4.78 is 5.66. The Kier molecular flexibility index (Phi) is 3.93. The van der Waals surface area contributed by atoms with Gasteiger partial charge in [-0.15, -0.1) is 0 Å². The van der Waals surface area contributed by atoms with Crippen molar-refractivity contribution in [3.63, 3.8) is 0 Å². The van der Waals surface area contributed by atoms with Crippen LogP contribution in [-0.2, 0) is 0 Å². The van der Waals surface area contributed by atoms with Crippen molar-refractivity contribution >= 4 is 33.3 Å². The first kappa shape index (κ1) is 13.0. The molecule has 1 aromatic heterocycles. The maximum Gasteiger partial charge on any atom is 0.243 e. The number of ether oxygens (including phenoxy) is 1. The van der Waals surface area contributed by atoms with Gasteiger partial charge in [-0.2, -0.15) is 0 Å². The van der Waals surface area contributed by atoms with Gasteiger partial charge in [-0.25, -0.2) is 9.97 Å². The van der Waals surface area contributed by atoms with Crippen LogP contribution in [0.25, 0.3) is 0 Å². The minimum Gasteiger partial charge on any atom is -0.479 e. The van der Waals surface area contributed by atoms with Crippen molar-refractivity contribution in [3.8, 4) is 5.88 Å². The minimum absolute atomic E-state index is 0.156. The molecule has 2 rings (SSSR count). The number of benzene rings is 1. The number of methoxy groups -OCH3 is 1. The summed E-state index contributed by atoms with van der Waals surface area (Å²) in [7, 11) is 1.44. The summed E-state index contributed by atoms with van der Waals surface area (Å²) in [6.45, 7) is 0. The Bertz CT molecular complexity index is 604. The zero-order chi connectivity index (χ0) is 13.1. The molecule has 1 heterocycles. The highest BCUT2D eigenvalue weighted by Crippen LogP contribution is 2.25. The number of hydrogen-bond acceptors (Lipinski definition) is 4. The Balaban J connectivity index is 2.51. The first-order valence-electron chi connectivity index (χ1n) is 4.98. The molecule has 0 aliphatic rings.